The molecule has 1 atom stereocenters. The minimum atomic E-state index is -0.760. The third-order valence-corrected chi connectivity index (χ3v) is 2.60. The Hall–Kier alpha value is -1.18. The van der Waals surface area contributed by atoms with E-state index in [4.69, 9.17) is 21.4 Å². The van der Waals surface area contributed by atoms with Gasteiger partial charge in [-0.2, -0.15) is 0 Å². The number of amidine groups is 1. The normalized spacial score (nSPS) is 12.4. The zero-order chi connectivity index (χ0) is 11.3. The molecular weight excluding hydrogens is 216 g/mol. The summed E-state index contributed by atoms with van der Waals surface area (Å²) in [5, 5.41) is 25.4. The molecule has 0 saturated carbocycles. The van der Waals surface area contributed by atoms with Gasteiger partial charge in [-0.3, -0.25) is 5.41 Å². The maximum atomic E-state index is 9.09. The number of nitrogens with two attached hydrogens (primary N) is 1. The molecule has 0 saturated heterocycles. The van der Waals surface area contributed by atoms with Gasteiger partial charge < -0.3 is 15.9 Å². The van der Waals surface area contributed by atoms with E-state index in [1.165, 1.54) is 24.2 Å². The quantitative estimate of drug-likeness (QED) is 0.298. The van der Waals surface area contributed by atoms with E-state index in [1.807, 2.05) is 0 Å². The highest BCUT2D eigenvalue weighted by atomic mass is 32.2. The maximum absolute atomic E-state index is 9.09. The van der Waals surface area contributed by atoms with Gasteiger partial charge in [0, 0.05) is 5.75 Å². The first kappa shape index (κ1) is 11.9. The highest BCUT2D eigenvalue weighted by Crippen LogP contribution is 2.14. The van der Waals surface area contributed by atoms with Crippen molar-refractivity contribution in [1.29, 1.82) is 5.41 Å². The van der Waals surface area contributed by atoms with Crippen molar-refractivity contribution in [3.8, 4) is 0 Å². The minimum Gasteiger partial charge on any atom is -0.394 e. The minimum absolute atomic E-state index is 0.130. The lowest BCUT2D eigenvalue weighted by Crippen LogP contribution is -2.15. The smallest absolute Gasteiger partial charge is 0.143 e. The van der Waals surface area contributed by atoms with Crippen LogP contribution in [-0.2, 0) is 0 Å². The molecule has 0 bridgehead atoms. The van der Waals surface area contributed by atoms with Gasteiger partial charge in [-0.25, -0.2) is 9.97 Å². The Morgan fingerprint density at radius 3 is 2.73 bits per heavy atom. The van der Waals surface area contributed by atoms with Crippen molar-refractivity contribution < 1.29 is 10.2 Å². The highest BCUT2D eigenvalue weighted by molar-refractivity contribution is 7.99. The van der Waals surface area contributed by atoms with Gasteiger partial charge in [0.1, 0.15) is 16.6 Å². The molecule has 0 aliphatic carbocycles. The Bertz CT molecular complexity index is 330. The van der Waals surface area contributed by atoms with Crippen LogP contribution in [0.5, 0.6) is 0 Å². The van der Waals surface area contributed by atoms with Gasteiger partial charge in [0.25, 0.3) is 0 Å². The predicted octanol–water partition coefficient (Wildman–Crippen LogP) is -0.794. The zero-order valence-corrected chi connectivity index (χ0v) is 8.74. The summed E-state index contributed by atoms with van der Waals surface area (Å²) in [5.41, 5.74) is 5.53. The Morgan fingerprint density at radius 1 is 1.53 bits per heavy atom. The van der Waals surface area contributed by atoms with Crippen LogP contribution in [0.25, 0.3) is 0 Å². The fourth-order valence-electron chi connectivity index (χ4n) is 0.764. The van der Waals surface area contributed by atoms with Gasteiger partial charge in [-0.15, -0.1) is 11.8 Å². The van der Waals surface area contributed by atoms with Gasteiger partial charge in [0.05, 0.1) is 25.1 Å². The summed E-state index contributed by atoms with van der Waals surface area (Å²) in [6.07, 6.45) is 2.12. The molecule has 5 N–H and O–H groups in total. The SMILES string of the molecule is N=C(N)c1cnc(SCC(O)CO)cn1. The maximum Gasteiger partial charge on any atom is 0.143 e. The van der Waals surface area contributed by atoms with Crippen molar-refractivity contribution in [2.45, 2.75) is 11.1 Å². The molecule has 1 aromatic rings. The molecule has 0 aliphatic rings. The van der Waals surface area contributed by atoms with Gasteiger partial charge in [-0.05, 0) is 0 Å². The second kappa shape index (κ2) is 5.64. The van der Waals surface area contributed by atoms with Crippen LogP contribution in [0.3, 0.4) is 0 Å². The fourth-order valence-corrected chi connectivity index (χ4v) is 1.49. The first-order valence-electron chi connectivity index (χ1n) is 4.21. The van der Waals surface area contributed by atoms with Crippen molar-refractivity contribution in [2.24, 2.45) is 5.73 Å². The fraction of sp³-hybridized carbons (Fsp3) is 0.375. The van der Waals surface area contributed by atoms with Crippen molar-refractivity contribution in [2.75, 3.05) is 12.4 Å². The van der Waals surface area contributed by atoms with Crippen LogP contribution in [0, 0.1) is 5.41 Å². The number of hydrogen-bond acceptors (Lipinski definition) is 6. The second-order valence-electron chi connectivity index (χ2n) is 2.80. The molecule has 0 fully saturated rings. The molecule has 0 aliphatic heterocycles. The van der Waals surface area contributed by atoms with E-state index >= 15 is 0 Å². The van der Waals surface area contributed by atoms with Gasteiger partial charge in [-0.1, -0.05) is 0 Å². The third kappa shape index (κ3) is 3.82. The van der Waals surface area contributed by atoms with Crippen molar-refractivity contribution in [3.63, 3.8) is 0 Å². The summed E-state index contributed by atoms with van der Waals surface area (Å²) in [5.74, 6) is 0.222. The molecular formula is C8H12N4O2S. The van der Waals surface area contributed by atoms with E-state index in [0.29, 0.717) is 16.5 Å². The molecule has 0 amide bonds. The molecule has 0 spiro atoms. The van der Waals surface area contributed by atoms with Crippen LogP contribution < -0.4 is 5.73 Å². The van der Waals surface area contributed by atoms with E-state index in [1.54, 1.807) is 0 Å². The monoisotopic (exact) mass is 228 g/mol. The summed E-state index contributed by atoms with van der Waals surface area (Å²) >= 11 is 1.28. The van der Waals surface area contributed by atoms with Crippen LogP contribution in [0.1, 0.15) is 5.69 Å². The van der Waals surface area contributed by atoms with Crippen LogP contribution in [0.2, 0.25) is 0 Å². The number of thioether (sulfide) groups is 1. The number of aliphatic hydroxyl groups excluding tert-OH is 2. The number of nitrogens with zero attached hydrogens (tertiary/aromatic N) is 2. The van der Waals surface area contributed by atoms with Gasteiger partial charge in [0.15, 0.2) is 0 Å². The number of hydrogen-bond donors (Lipinski definition) is 4. The first-order valence-corrected chi connectivity index (χ1v) is 5.20. The molecule has 82 valence electrons. The van der Waals surface area contributed by atoms with Crippen LogP contribution in [0.4, 0.5) is 0 Å². The molecule has 0 radical (unpaired) electrons. The van der Waals surface area contributed by atoms with Crippen molar-refractivity contribution in [1.82, 2.24) is 9.97 Å². The van der Waals surface area contributed by atoms with E-state index in [0.717, 1.165) is 0 Å². The number of rotatable bonds is 5. The number of nitrogen functional groups attached to an aromatic ring is 1. The van der Waals surface area contributed by atoms with Gasteiger partial charge >= 0.3 is 0 Å². The lowest BCUT2D eigenvalue weighted by atomic mass is 10.4. The summed E-state index contributed by atoms with van der Waals surface area (Å²) < 4.78 is 0. The Kier molecular flexibility index (Phi) is 4.47. The Balaban J connectivity index is 2.53. The number of aromatic nitrogens is 2. The Labute approximate surface area is 91.1 Å². The van der Waals surface area contributed by atoms with Crippen molar-refractivity contribution >= 4 is 17.6 Å². The van der Waals surface area contributed by atoms with E-state index in [-0.39, 0.29) is 12.4 Å². The molecule has 15 heavy (non-hydrogen) atoms. The molecule has 7 heteroatoms. The standard InChI is InChI=1S/C8H12N4O2S/c9-8(10)6-1-12-7(2-11-6)15-4-5(14)3-13/h1-2,5,13-14H,3-4H2,(H3,9,10). The number of aliphatic hydroxyl groups is 2. The highest BCUT2D eigenvalue weighted by Gasteiger charge is 2.05. The average molecular weight is 228 g/mol. The number of nitrogens with one attached hydrogen (secondary N) is 1. The average Bonchev–Trinajstić information content (AvgIpc) is 2.26. The molecule has 6 nitrogen and oxygen atoms in total. The van der Waals surface area contributed by atoms with E-state index in [2.05, 4.69) is 9.97 Å². The lowest BCUT2D eigenvalue weighted by Gasteiger charge is -2.05. The molecule has 1 unspecified atom stereocenters. The Morgan fingerprint density at radius 2 is 2.27 bits per heavy atom. The molecule has 1 aromatic heterocycles. The van der Waals surface area contributed by atoms with E-state index < -0.39 is 6.10 Å². The summed E-state index contributed by atoms with van der Waals surface area (Å²) in [7, 11) is 0. The second-order valence-corrected chi connectivity index (χ2v) is 3.84. The first-order chi connectivity index (χ1) is 7.13. The third-order valence-electron chi connectivity index (χ3n) is 1.54. The lowest BCUT2D eigenvalue weighted by molar-refractivity contribution is 0.113. The van der Waals surface area contributed by atoms with E-state index in [9.17, 15) is 0 Å². The van der Waals surface area contributed by atoms with Gasteiger partial charge in [0.2, 0.25) is 0 Å². The summed E-state index contributed by atoms with van der Waals surface area (Å²) in [4.78, 5) is 7.90. The molecule has 1 rings (SSSR count). The van der Waals surface area contributed by atoms with Crippen molar-refractivity contribution in [3.05, 3.63) is 18.1 Å². The van der Waals surface area contributed by atoms with Crippen LogP contribution in [-0.4, -0.2) is 44.5 Å². The summed E-state index contributed by atoms with van der Waals surface area (Å²) in [6.45, 7) is -0.272. The molecule has 1 heterocycles. The largest absolute Gasteiger partial charge is 0.394 e. The predicted molar refractivity (Wildman–Crippen MR) is 56.9 cm³/mol. The van der Waals surface area contributed by atoms with Crippen LogP contribution in [0.15, 0.2) is 17.4 Å². The topological polar surface area (TPSA) is 116 Å². The summed E-state index contributed by atoms with van der Waals surface area (Å²) in [6, 6.07) is 0. The van der Waals surface area contributed by atoms with Crippen LogP contribution >= 0.6 is 11.8 Å². The zero-order valence-electron chi connectivity index (χ0n) is 7.92. The molecule has 0 aromatic carbocycles.